The Morgan fingerprint density at radius 2 is 2.23 bits per heavy atom. The first-order valence-corrected chi connectivity index (χ1v) is 7.83. The fourth-order valence-electron chi connectivity index (χ4n) is 2.54. The van der Waals surface area contributed by atoms with E-state index in [4.69, 9.17) is 0 Å². The Morgan fingerprint density at radius 1 is 1.45 bits per heavy atom. The average molecular weight is 302 g/mol. The Bertz CT molecular complexity index is 655. The van der Waals surface area contributed by atoms with Crippen LogP contribution in [-0.4, -0.2) is 30.5 Å². The Morgan fingerprint density at radius 3 is 2.82 bits per heavy atom. The molecule has 0 spiro atoms. The number of nitrogens with zero attached hydrogens (tertiary/aromatic N) is 5. The molecule has 0 bridgehead atoms. The molecular weight excluding hydrogens is 280 g/mol. The van der Waals surface area contributed by atoms with Crippen molar-refractivity contribution in [2.24, 2.45) is 5.92 Å². The van der Waals surface area contributed by atoms with E-state index in [0.29, 0.717) is 11.6 Å². The van der Waals surface area contributed by atoms with Gasteiger partial charge in [0.05, 0.1) is 6.04 Å². The molecule has 2 heterocycles. The van der Waals surface area contributed by atoms with Crippen molar-refractivity contribution in [3.8, 4) is 0 Å². The first kappa shape index (κ1) is 14.7. The smallest absolute Gasteiger partial charge is 0.272 e. The van der Waals surface area contributed by atoms with Gasteiger partial charge in [0.1, 0.15) is 17.8 Å². The molecule has 1 saturated carbocycles. The van der Waals surface area contributed by atoms with Gasteiger partial charge in [-0.05, 0) is 45.6 Å². The summed E-state index contributed by atoms with van der Waals surface area (Å²) >= 11 is 0. The maximum absolute atomic E-state index is 12.5. The summed E-state index contributed by atoms with van der Waals surface area (Å²) in [4.78, 5) is 16.8. The lowest BCUT2D eigenvalue weighted by atomic mass is 10.1. The first-order chi connectivity index (χ1) is 10.6. The van der Waals surface area contributed by atoms with E-state index in [1.807, 2.05) is 31.6 Å². The van der Waals surface area contributed by atoms with Gasteiger partial charge >= 0.3 is 0 Å². The summed E-state index contributed by atoms with van der Waals surface area (Å²) in [6.45, 7) is 6.83. The second-order valence-electron chi connectivity index (χ2n) is 6.00. The molecule has 1 amide bonds. The number of rotatable bonds is 6. The molecule has 1 aliphatic rings. The topological polar surface area (TPSA) is 77.6 Å². The average Bonchev–Trinajstić information content (AvgIpc) is 3.04. The van der Waals surface area contributed by atoms with Gasteiger partial charge in [-0.2, -0.15) is 10.2 Å². The van der Waals surface area contributed by atoms with Gasteiger partial charge in [-0.1, -0.05) is 0 Å². The lowest BCUT2D eigenvalue weighted by molar-refractivity contribution is 0.0922. The highest BCUT2D eigenvalue weighted by atomic mass is 16.2. The highest BCUT2D eigenvalue weighted by Gasteiger charge is 2.36. The van der Waals surface area contributed by atoms with E-state index >= 15 is 0 Å². The molecule has 0 aromatic carbocycles. The van der Waals surface area contributed by atoms with Gasteiger partial charge in [0.25, 0.3) is 5.91 Å². The van der Waals surface area contributed by atoms with Crippen LogP contribution in [0.15, 0.2) is 18.6 Å². The summed E-state index contributed by atoms with van der Waals surface area (Å²) in [6, 6.07) is 1.91. The summed E-state index contributed by atoms with van der Waals surface area (Å²) in [6.07, 6.45) is 5.61. The van der Waals surface area contributed by atoms with Crippen LogP contribution >= 0.6 is 0 Å². The number of hydrogen-bond acceptors (Lipinski definition) is 4. The van der Waals surface area contributed by atoms with E-state index in [-0.39, 0.29) is 18.0 Å². The molecule has 7 nitrogen and oxygen atoms in total. The van der Waals surface area contributed by atoms with Gasteiger partial charge in [0.15, 0.2) is 0 Å². The van der Waals surface area contributed by atoms with Crippen molar-refractivity contribution in [1.82, 2.24) is 29.9 Å². The zero-order valence-electron chi connectivity index (χ0n) is 13.2. The Balaban J connectivity index is 1.77. The van der Waals surface area contributed by atoms with Crippen LogP contribution < -0.4 is 5.32 Å². The molecule has 0 radical (unpaired) electrons. The third-order valence-electron chi connectivity index (χ3n) is 3.97. The number of hydrogen-bond donors (Lipinski definition) is 1. The Kier molecular flexibility index (Phi) is 3.96. The monoisotopic (exact) mass is 302 g/mol. The highest BCUT2D eigenvalue weighted by Crippen LogP contribution is 2.40. The Hall–Kier alpha value is -2.18. The van der Waals surface area contributed by atoms with E-state index in [1.165, 1.54) is 0 Å². The van der Waals surface area contributed by atoms with E-state index < -0.39 is 0 Å². The zero-order chi connectivity index (χ0) is 15.7. The van der Waals surface area contributed by atoms with Gasteiger partial charge in [-0.15, -0.1) is 0 Å². The fourth-order valence-corrected chi connectivity index (χ4v) is 2.54. The lowest BCUT2D eigenvalue weighted by Crippen LogP contribution is -2.32. The SMILES string of the molecule is CCn1ncnc1[C@@H](NC(=O)c1ccn(C(C)C)n1)C1CC1. The van der Waals surface area contributed by atoms with Crippen LogP contribution in [0.3, 0.4) is 0 Å². The first-order valence-electron chi connectivity index (χ1n) is 7.83. The fraction of sp³-hybridized carbons (Fsp3) is 0.600. The minimum Gasteiger partial charge on any atom is -0.340 e. The number of amides is 1. The normalized spacial score (nSPS) is 16.0. The second-order valence-corrected chi connectivity index (χ2v) is 6.00. The van der Waals surface area contributed by atoms with Crippen LogP contribution in [-0.2, 0) is 6.54 Å². The van der Waals surface area contributed by atoms with Gasteiger partial charge in [-0.25, -0.2) is 9.67 Å². The molecule has 2 aromatic rings. The largest absolute Gasteiger partial charge is 0.340 e. The summed E-state index contributed by atoms with van der Waals surface area (Å²) in [7, 11) is 0. The van der Waals surface area contributed by atoms with Gasteiger partial charge in [0, 0.05) is 18.8 Å². The number of carbonyl (C=O) groups excluding carboxylic acids is 1. The maximum atomic E-state index is 12.5. The molecule has 118 valence electrons. The standard InChI is InChI=1S/C15H22N6O/c1-4-20-14(16-9-17-20)13(11-5-6-11)18-15(22)12-7-8-21(19-12)10(2)3/h7-11,13H,4-6H2,1-3H3,(H,18,22)/t13-/m0/s1. The number of nitrogens with one attached hydrogen (secondary N) is 1. The van der Waals surface area contributed by atoms with E-state index in [1.54, 1.807) is 17.1 Å². The predicted octanol–water partition coefficient (Wildman–Crippen LogP) is 1.96. The molecule has 3 rings (SSSR count). The van der Waals surface area contributed by atoms with Crippen molar-refractivity contribution in [1.29, 1.82) is 0 Å². The second kappa shape index (κ2) is 5.90. The van der Waals surface area contributed by atoms with Gasteiger partial charge in [0.2, 0.25) is 0 Å². The summed E-state index contributed by atoms with van der Waals surface area (Å²) < 4.78 is 3.63. The van der Waals surface area contributed by atoms with E-state index in [2.05, 4.69) is 20.5 Å². The number of carbonyl (C=O) groups is 1. The summed E-state index contributed by atoms with van der Waals surface area (Å²) in [5.41, 5.74) is 0.446. The number of aryl methyl sites for hydroxylation is 1. The molecule has 0 aliphatic heterocycles. The van der Waals surface area contributed by atoms with Crippen LogP contribution in [0.5, 0.6) is 0 Å². The minimum absolute atomic E-state index is 0.0841. The van der Waals surface area contributed by atoms with Crippen molar-refractivity contribution < 1.29 is 4.79 Å². The number of aromatic nitrogens is 5. The minimum atomic E-state index is -0.151. The molecule has 1 fully saturated rings. The van der Waals surface area contributed by atoms with Crippen molar-refractivity contribution in [3.63, 3.8) is 0 Å². The molecule has 1 aliphatic carbocycles. The molecule has 2 aromatic heterocycles. The van der Waals surface area contributed by atoms with Crippen molar-refractivity contribution in [3.05, 3.63) is 30.1 Å². The highest BCUT2D eigenvalue weighted by molar-refractivity contribution is 5.92. The molecular formula is C15H22N6O. The van der Waals surface area contributed by atoms with Crippen molar-refractivity contribution in [2.45, 2.75) is 52.2 Å². The summed E-state index contributed by atoms with van der Waals surface area (Å²) in [5, 5.41) is 11.6. The molecule has 7 heteroatoms. The summed E-state index contributed by atoms with van der Waals surface area (Å²) in [5.74, 6) is 1.13. The van der Waals surface area contributed by atoms with E-state index in [9.17, 15) is 4.79 Å². The van der Waals surface area contributed by atoms with Gasteiger partial charge < -0.3 is 5.32 Å². The maximum Gasteiger partial charge on any atom is 0.272 e. The van der Waals surface area contributed by atoms with Crippen LogP contribution in [0, 0.1) is 5.92 Å². The lowest BCUT2D eigenvalue weighted by Gasteiger charge is -2.17. The van der Waals surface area contributed by atoms with Crippen LogP contribution in [0.1, 0.15) is 62.0 Å². The van der Waals surface area contributed by atoms with Gasteiger partial charge in [-0.3, -0.25) is 9.48 Å². The quantitative estimate of drug-likeness (QED) is 0.884. The predicted molar refractivity (Wildman–Crippen MR) is 81.2 cm³/mol. The third-order valence-corrected chi connectivity index (χ3v) is 3.97. The molecule has 0 unspecified atom stereocenters. The van der Waals surface area contributed by atoms with Crippen LogP contribution in [0.25, 0.3) is 0 Å². The molecule has 0 saturated heterocycles. The van der Waals surface area contributed by atoms with Crippen LogP contribution in [0.4, 0.5) is 0 Å². The Labute approximate surface area is 129 Å². The van der Waals surface area contributed by atoms with E-state index in [0.717, 1.165) is 25.2 Å². The molecule has 1 atom stereocenters. The van der Waals surface area contributed by atoms with Crippen LogP contribution in [0.2, 0.25) is 0 Å². The third kappa shape index (κ3) is 2.88. The zero-order valence-corrected chi connectivity index (χ0v) is 13.2. The molecule has 1 N–H and O–H groups in total. The van der Waals surface area contributed by atoms with Crippen molar-refractivity contribution in [2.75, 3.05) is 0 Å². The molecule has 22 heavy (non-hydrogen) atoms. The van der Waals surface area contributed by atoms with Crippen molar-refractivity contribution >= 4 is 5.91 Å².